The summed E-state index contributed by atoms with van der Waals surface area (Å²) in [5.41, 5.74) is 0.914. The summed E-state index contributed by atoms with van der Waals surface area (Å²) < 4.78 is 26.4. The molecule has 0 heterocycles. The summed E-state index contributed by atoms with van der Waals surface area (Å²) in [5.74, 6) is -2.32. The quantitative estimate of drug-likeness (QED) is 0.758. The molecule has 1 atom stereocenters. The van der Waals surface area contributed by atoms with E-state index in [1.54, 1.807) is 0 Å². The SMILES string of the molecule is CCC(CNC(=O)CCNC(=O)c1ccc(F)cc1F)c1ccccc1. The maximum Gasteiger partial charge on any atom is 0.254 e. The molecule has 0 spiro atoms. The van der Waals surface area contributed by atoms with E-state index in [0.29, 0.717) is 12.6 Å². The van der Waals surface area contributed by atoms with Crippen LogP contribution in [0.25, 0.3) is 0 Å². The van der Waals surface area contributed by atoms with E-state index in [2.05, 4.69) is 17.6 Å². The van der Waals surface area contributed by atoms with E-state index < -0.39 is 17.5 Å². The van der Waals surface area contributed by atoms with Gasteiger partial charge in [0.05, 0.1) is 5.56 Å². The topological polar surface area (TPSA) is 58.2 Å². The Morgan fingerprint density at radius 2 is 1.77 bits per heavy atom. The third-order valence-corrected chi connectivity index (χ3v) is 4.12. The molecule has 0 aliphatic carbocycles. The van der Waals surface area contributed by atoms with E-state index in [1.807, 2.05) is 30.3 Å². The fourth-order valence-corrected chi connectivity index (χ4v) is 2.61. The van der Waals surface area contributed by atoms with Crippen molar-refractivity contribution in [2.75, 3.05) is 13.1 Å². The molecule has 0 saturated carbocycles. The minimum atomic E-state index is -0.930. The van der Waals surface area contributed by atoms with Gasteiger partial charge in [-0.15, -0.1) is 0 Å². The van der Waals surface area contributed by atoms with Gasteiger partial charge in [0.1, 0.15) is 11.6 Å². The Morgan fingerprint density at radius 1 is 1.04 bits per heavy atom. The number of hydrogen-bond acceptors (Lipinski definition) is 2. The van der Waals surface area contributed by atoms with Crippen molar-refractivity contribution in [3.63, 3.8) is 0 Å². The minimum Gasteiger partial charge on any atom is -0.355 e. The number of rotatable bonds is 8. The van der Waals surface area contributed by atoms with Crippen LogP contribution < -0.4 is 10.6 Å². The van der Waals surface area contributed by atoms with Crippen molar-refractivity contribution in [1.29, 1.82) is 0 Å². The first-order chi connectivity index (χ1) is 12.5. The van der Waals surface area contributed by atoms with Crippen molar-refractivity contribution in [2.24, 2.45) is 0 Å². The molecule has 2 aromatic rings. The fourth-order valence-electron chi connectivity index (χ4n) is 2.61. The summed E-state index contributed by atoms with van der Waals surface area (Å²) in [5, 5.41) is 5.31. The molecule has 0 fully saturated rings. The first-order valence-electron chi connectivity index (χ1n) is 8.56. The first kappa shape index (κ1) is 19.6. The van der Waals surface area contributed by atoms with Gasteiger partial charge in [-0.1, -0.05) is 37.3 Å². The molecule has 2 amide bonds. The van der Waals surface area contributed by atoms with Gasteiger partial charge in [-0.2, -0.15) is 0 Å². The number of carbonyl (C=O) groups excluding carboxylic acids is 2. The van der Waals surface area contributed by atoms with Crippen LogP contribution in [0.1, 0.15) is 41.6 Å². The molecule has 6 heteroatoms. The highest BCUT2D eigenvalue weighted by Gasteiger charge is 2.13. The first-order valence-corrected chi connectivity index (χ1v) is 8.56. The van der Waals surface area contributed by atoms with Gasteiger partial charge >= 0.3 is 0 Å². The van der Waals surface area contributed by atoms with Crippen molar-refractivity contribution < 1.29 is 18.4 Å². The third-order valence-electron chi connectivity index (χ3n) is 4.12. The Balaban J connectivity index is 1.75. The van der Waals surface area contributed by atoms with E-state index in [9.17, 15) is 18.4 Å². The highest BCUT2D eigenvalue weighted by molar-refractivity contribution is 5.94. The number of halogens is 2. The number of amides is 2. The minimum absolute atomic E-state index is 0.0730. The molecule has 2 N–H and O–H groups in total. The average Bonchev–Trinajstić information content (AvgIpc) is 2.63. The van der Waals surface area contributed by atoms with Crippen molar-refractivity contribution in [3.8, 4) is 0 Å². The van der Waals surface area contributed by atoms with Gasteiger partial charge in [-0.05, 0) is 24.1 Å². The van der Waals surface area contributed by atoms with Gasteiger partial charge in [0.2, 0.25) is 5.91 Å². The van der Waals surface area contributed by atoms with Crippen molar-refractivity contribution >= 4 is 11.8 Å². The van der Waals surface area contributed by atoms with Gasteiger partial charge in [-0.3, -0.25) is 9.59 Å². The molecular formula is C20H22F2N2O2. The Kier molecular flexibility index (Phi) is 7.26. The maximum absolute atomic E-state index is 13.5. The summed E-state index contributed by atoms with van der Waals surface area (Å²) >= 11 is 0. The van der Waals surface area contributed by atoms with E-state index in [4.69, 9.17) is 0 Å². The summed E-state index contributed by atoms with van der Waals surface area (Å²) in [6.07, 6.45) is 0.977. The standard InChI is InChI=1S/C20H22F2N2O2/c1-2-14(15-6-4-3-5-7-15)13-24-19(25)10-11-23-20(26)17-9-8-16(21)12-18(17)22/h3-9,12,14H,2,10-11,13H2,1H3,(H,23,26)(H,24,25). The van der Waals surface area contributed by atoms with E-state index in [-0.39, 0.29) is 30.4 Å². The lowest BCUT2D eigenvalue weighted by Crippen LogP contribution is -2.33. The van der Waals surface area contributed by atoms with Gasteiger partial charge in [0.15, 0.2) is 0 Å². The van der Waals surface area contributed by atoms with Gasteiger partial charge in [-0.25, -0.2) is 8.78 Å². The third kappa shape index (κ3) is 5.65. The Labute approximate surface area is 151 Å². The van der Waals surface area contributed by atoms with Crippen molar-refractivity contribution in [2.45, 2.75) is 25.7 Å². The van der Waals surface area contributed by atoms with Crippen LogP contribution in [0.3, 0.4) is 0 Å². The van der Waals surface area contributed by atoms with E-state index in [0.717, 1.165) is 24.1 Å². The van der Waals surface area contributed by atoms with Gasteiger partial charge < -0.3 is 10.6 Å². The maximum atomic E-state index is 13.5. The predicted octanol–water partition coefficient (Wildman–Crippen LogP) is 3.39. The molecule has 2 rings (SSSR count). The monoisotopic (exact) mass is 360 g/mol. The lowest BCUT2D eigenvalue weighted by atomic mass is 9.96. The molecule has 4 nitrogen and oxygen atoms in total. The summed E-state index contributed by atoms with van der Waals surface area (Å²) in [6, 6.07) is 12.7. The Hall–Kier alpha value is -2.76. The largest absolute Gasteiger partial charge is 0.355 e. The van der Waals surface area contributed by atoms with Gasteiger partial charge in [0.25, 0.3) is 5.91 Å². The molecule has 26 heavy (non-hydrogen) atoms. The normalized spacial score (nSPS) is 11.7. The van der Waals surface area contributed by atoms with Crippen LogP contribution in [0.2, 0.25) is 0 Å². The molecule has 138 valence electrons. The number of nitrogens with one attached hydrogen (secondary N) is 2. The molecule has 0 saturated heterocycles. The van der Waals surface area contributed by atoms with Crippen LogP contribution in [0.4, 0.5) is 8.78 Å². The summed E-state index contributed by atoms with van der Waals surface area (Å²) in [7, 11) is 0. The smallest absolute Gasteiger partial charge is 0.254 e. The van der Waals surface area contributed by atoms with Crippen molar-refractivity contribution in [1.82, 2.24) is 10.6 Å². The summed E-state index contributed by atoms with van der Waals surface area (Å²) in [4.78, 5) is 23.8. The average molecular weight is 360 g/mol. The second-order valence-corrected chi connectivity index (χ2v) is 5.95. The molecule has 0 radical (unpaired) electrons. The molecule has 0 aliphatic rings. The molecule has 0 aliphatic heterocycles. The highest BCUT2D eigenvalue weighted by atomic mass is 19.1. The zero-order valence-electron chi connectivity index (χ0n) is 14.6. The van der Waals surface area contributed by atoms with Gasteiger partial charge in [0, 0.05) is 31.5 Å². The zero-order chi connectivity index (χ0) is 18.9. The second kappa shape index (κ2) is 9.65. The van der Waals surface area contributed by atoms with Crippen LogP contribution in [-0.2, 0) is 4.79 Å². The lowest BCUT2D eigenvalue weighted by molar-refractivity contribution is -0.121. The van der Waals surface area contributed by atoms with E-state index >= 15 is 0 Å². The van der Waals surface area contributed by atoms with E-state index in [1.165, 1.54) is 0 Å². The molecule has 0 aromatic heterocycles. The van der Waals surface area contributed by atoms with Crippen LogP contribution in [0, 0.1) is 11.6 Å². The Morgan fingerprint density at radius 3 is 2.42 bits per heavy atom. The van der Waals surface area contributed by atoms with Crippen LogP contribution in [-0.4, -0.2) is 24.9 Å². The molecular weight excluding hydrogens is 338 g/mol. The van der Waals surface area contributed by atoms with Crippen LogP contribution in [0.5, 0.6) is 0 Å². The second-order valence-electron chi connectivity index (χ2n) is 5.95. The summed E-state index contributed by atoms with van der Waals surface area (Å²) in [6.45, 7) is 2.64. The zero-order valence-corrected chi connectivity index (χ0v) is 14.6. The van der Waals surface area contributed by atoms with Crippen molar-refractivity contribution in [3.05, 3.63) is 71.3 Å². The highest BCUT2D eigenvalue weighted by Crippen LogP contribution is 2.17. The molecule has 0 bridgehead atoms. The number of hydrogen-bond donors (Lipinski definition) is 2. The predicted molar refractivity (Wildman–Crippen MR) is 95.8 cm³/mol. The lowest BCUT2D eigenvalue weighted by Gasteiger charge is -2.16. The molecule has 2 aromatic carbocycles. The van der Waals surface area contributed by atoms with Crippen LogP contribution >= 0.6 is 0 Å². The number of carbonyl (C=O) groups is 2. The molecule has 1 unspecified atom stereocenters. The number of benzene rings is 2. The van der Waals surface area contributed by atoms with Crippen LogP contribution in [0.15, 0.2) is 48.5 Å². The fraction of sp³-hybridized carbons (Fsp3) is 0.300. The Bertz CT molecular complexity index is 751.